The van der Waals surface area contributed by atoms with Gasteiger partial charge in [0.15, 0.2) is 0 Å². The first-order valence-corrected chi connectivity index (χ1v) is 6.21. The van der Waals surface area contributed by atoms with E-state index in [1.165, 1.54) is 12.3 Å². The molecule has 0 spiro atoms. The van der Waals surface area contributed by atoms with E-state index in [2.05, 4.69) is 15.1 Å². The number of hydrogen-bond acceptors (Lipinski definition) is 6. The SMILES string of the molecule is CCOC(C)(CC)c1noc(-c2cncc(O)c2)n1. The summed E-state index contributed by atoms with van der Waals surface area (Å²) in [6.45, 7) is 6.42. The Bertz CT molecular complexity index is 556. The van der Waals surface area contributed by atoms with Crippen molar-refractivity contribution in [1.82, 2.24) is 15.1 Å². The third kappa shape index (κ3) is 2.73. The van der Waals surface area contributed by atoms with Crippen molar-refractivity contribution in [2.45, 2.75) is 32.8 Å². The summed E-state index contributed by atoms with van der Waals surface area (Å²) in [5, 5.41) is 13.4. The van der Waals surface area contributed by atoms with Crippen LogP contribution in [0, 0.1) is 0 Å². The van der Waals surface area contributed by atoms with Crippen LogP contribution in [0.4, 0.5) is 0 Å². The molecule has 0 saturated carbocycles. The predicted molar refractivity (Wildman–Crippen MR) is 68.5 cm³/mol. The Morgan fingerprint density at radius 2 is 2.16 bits per heavy atom. The second kappa shape index (κ2) is 5.36. The number of ether oxygens (including phenoxy) is 1. The quantitative estimate of drug-likeness (QED) is 0.892. The van der Waals surface area contributed by atoms with Gasteiger partial charge in [-0.2, -0.15) is 4.98 Å². The van der Waals surface area contributed by atoms with Gasteiger partial charge in [0.2, 0.25) is 5.82 Å². The molecule has 0 aliphatic heterocycles. The highest BCUT2D eigenvalue weighted by Gasteiger charge is 2.31. The van der Waals surface area contributed by atoms with Gasteiger partial charge in [-0.3, -0.25) is 4.98 Å². The van der Waals surface area contributed by atoms with Gasteiger partial charge in [-0.15, -0.1) is 0 Å². The minimum Gasteiger partial charge on any atom is -0.506 e. The number of aromatic hydroxyl groups is 1. The molecule has 0 aliphatic carbocycles. The molecule has 1 unspecified atom stereocenters. The maximum atomic E-state index is 9.39. The third-order valence-corrected chi connectivity index (χ3v) is 3.01. The molecule has 2 aromatic heterocycles. The lowest BCUT2D eigenvalue weighted by atomic mass is 10.0. The van der Waals surface area contributed by atoms with Crippen molar-refractivity contribution in [2.24, 2.45) is 0 Å². The maximum Gasteiger partial charge on any atom is 0.259 e. The zero-order valence-corrected chi connectivity index (χ0v) is 11.3. The van der Waals surface area contributed by atoms with Crippen LogP contribution in [0.2, 0.25) is 0 Å². The predicted octanol–water partition coefficient (Wildman–Crippen LogP) is 2.50. The van der Waals surface area contributed by atoms with Crippen LogP contribution in [0.15, 0.2) is 23.0 Å². The normalized spacial score (nSPS) is 14.3. The smallest absolute Gasteiger partial charge is 0.259 e. The minimum atomic E-state index is -0.569. The topological polar surface area (TPSA) is 81.3 Å². The monoisotopic (exact) mass is 263 g/mol. The van der Waals surface area contributed by atoms with E-state index in [0.29, 0.717) is 23.9 Å². The molecule has 19 heavy (non-hydrogen) atoms. The van der Waals surface area contributed by atoms with E-state index in [9.17, 15) is 5.11 Å². The fraction of sp³-hybridized carbons (Fsp3) is 0.462. The first-order valence-electron chi connectivity index (χ1n) is 6.21. The maximum absolute atomic E-state index is 9.39. The van der Waals surface area contributed by atoms with E-state index in [0.717, 1.165) is 6.42 Å². The molecule has 0 aromatic carbocycles. The Kier molecular flexibility index (Phi) is 3.80. The van der Waals surface area contributed by atoms with E-state index in [-0.39, 0.29) is 5.75 Å². The number of aromatic nitrogens is 3. The summed E-state index contributed by atoms with van der Waals surface area (Å²) >= 11 is 0. The molecule has 2 heterocycles. The van der Waals surface area contributed by atoms with Crippen LogP contribution in [0.1, 0.15) is 33.0 Å². The summed E-state index contributed by atoms with van der Waals surface area (Å²) in [6, 6.07) is 1.52. The number of nitrogens with zero attached hydrogens (tertiary/aromatic N) is 3. The first-order chi connectivity index (χ1) is 9.09. The van der Waals surface area contributed by atoms with Gasteiger partial charge in [0.05, 0.1) is 11.8 Å². The Hall–Kier alpha value is -1.95. The lowest BCUT2D eigenvalue weighted by Crippen LogP contribution is -2.26. The molecule has 0 radical (unpaired) electrons. The second-order valence-electron chi connectivity index (χ2n) is 4.37. The van der Waals surface area contributed by atoms with Crippen molar-refractivity contribution >= 4 is 0 Å². The highest BCUT2D eigenvalue weighted by Crippen LogP contribution is 2.29. The molecule has 6 heteroatoms. The molecule has 0 saturated heterocycles. The molecule has 0 fully saturated rings. The molecular weight excluding hydrogens is 246 g/mol. The van der Waals surface area contributed by atoms with Gasteiger partial charge in [0, 0.05) is 12.8 Å². The Labute approximate surface area is 111 Å². The van der Waals surface area contributed by atoms with E-state index in [1.54, 1.807) is 6.20 Å². The van der Waals surface area contributed by atoms with E-state index in [4.69, 9.17) is 9.26 Å². The van der Waals surface area contributed by atoms with Crippen LogP contribution in [-0.4, -0.2) is 26.8 Å². The zero-order chi connectivity index (χ0) is 13.9. The highest BCUT2D eigenvalue weighted by atomic mass is 16.5. The molecule has 1 N–H and O–H groups in total. The van der Waals surface area contributed by atoms with Crippen LogP contribution in [0.5, 0.6) is 5.75 Å². The molecule has 6 nitrogen and oxygen atoms in total. The van der Waals surface area contributed by atoms with Gasteiger partial charge in [0.25, 0.3) is 5.89 Å². The zero-order valence-electron chi connectivity index (χ0n) is 11.3. The number of hydrogen-bond donors (Lipinski definition) is 1. The van der Waals surface area contributed by atoms with Crippen molar-refractivity contribution in [3.63, 3.8) is 0 Å². The Morgan fingerprint density at radius 3 is 2.79 bits per heavy atom. The molecule has 2 rings (SSSR count). The summed E-state index contributed by atoms with van der Waals surface area (Å²) in [4.78, 5) is 8.21. The molecule has 0 amide bonds. The van der Waals surface area contributed by atoms with Crippen molar-refractivity contribution in [1.29, 1.82) is 0 Å². The van der Waals surface area contributed by atoms with Crippen LogP contribution in [-0.2, 0) is 10.3 Å². The van der Waals surface area contributed by atoms with Gasteiger partial charge in [0.1, 0.15) is 11.4 Å². The van der Waals surface area contributed by atoms with Gasteiger partial charge in [-0.25, -0.2) is 0 Å². The molecule has 102 valence electrons. The molecule has 2 aromatic rings. The van der Waals surface area contributed by atoms with Crippen molar-refractivity contribution in [2.75, 3.05) is 6.61 Å². The van der Waals surface area contributed by atoms with Gasteiger partial charge >= 0.3 is 0 Å². The molecule has 0 bridgehead atoms. The average Bonchev–Trinajstić information content (AvgIpc) is 2.89. The summed E-state index contributed by atoms with van der Waals surface area (Å²) < 4.78 is 10.9. The van der Waals surface area contributed by atoms with Crippen molar-refractivity contribution in [3.8, 4) is 17.2 Å². The summed E-state index contributed by atoms with van der Waals surface area (Å²) in [7, 11) is 0. The number of pyridine rings is 1. The van der Waals surface area contributed by atoms with Gasteiger partial charge in [-0.1, -0.05) is 12.1 Å². The van der Waals surface area contributed by atoms with E-state index >= 15 is 0 Å². The summed E-state index contributed by atoms with van der Waals surface area (Å²) in [5.41, 5.74) is 0.00880. The average molecular weight is 263 g/mol. The van der Waals surface area contributed by atoms with Crippen LogP contribution >= 0.6 is 0 Å². The fourth-order valence-electron chi connectivity index (χ4n) is 1.74. The van der Waals surface area contributed by atoms with Crippen molar-refractivity contribution < 1.29 is 14.4 Å². The minimum absolute atomic E-state index is 0.0558. The summed E-state index contributed by atoms with van der Waals surface area (Å²) in [6.07, 6.45) is 3.64. The van der Waals surface area contributed by atoms with E-state index < -0.39 is 5.60 Å². The largest absolute Gasteiger partial charge is 0.506 e. The Balaban J connectivity index is 2.33. The molecular formula is C13H17N3O3. The van der Waals surface area contributed by atoms with Crippen LogP contribution in [0.3, 0.4) is 0 Å². The van der Waals surface area contributed by atoms with E-state index in [1.807, 2.05) is 20.8 Å². The standard InChI is InChI=1S/C13H17N3O3/c1-4-13(3,18-5-2)12-15-11(19-16-12)9-6-10(17)8-14-7-9/h6-8,17H,4-5H2,1-3H3. The number of rotatable bonds is 5. The van der Waals surface area contributed by atoms with Crippen LogP contribution < -0.4 is 0 Å². The second-order valence-corrected chi connectivity index (χ2v) is 4.37. The lowest BCUT2D eigenvalue weighted by Gasteiger charge is -2.23. The third-order valence-electron chi connectivity index (χ3n) is 3.01. The fourth-order valence-corrected chi connectivity index (χ4v) is 1.74. The van der Waals surface area contributed by atoms with Gasteiger partial charge < -0.3 is 14.4 Å². The molecule has 1 atom stereocenters. The van der Waals surface area contributed by atoms with Crippen molar-refractivity contribution in [3.05, 3.63) is 24.3 Å². The Morgan fingerprint density at radius 1 is 1.37 bits per heavy atom. The molecule has 0 aliphatic rings. The lowest BCUT2D eigenvalue weighted by molar-refractivity contribution is -0.0403. The first kappa shape index (κ1) is 13.5. The highest BCUT2D eigenvalue weighted by molar-refractivity contribution is 5.53. The van der Waals surface area contributed by atoms with Gasteiger partial charge in [-0.05, 0) is 26.3 Å². The summed E-state index contributed by atoms with van der Waals surface area (Å²) in [5.74, 6) is 0.869. The van der Waals surface area contributed by atoms with Crippen LogP contribution in [0.25, 0.3) is 11.5 Å².